The largest absolute Gasteiger partial charge is 0.384 e. The number of carbonyl (C=O) groups is 1. The maximum Gasteiger partial charge on any atom is 0.255 e. The van der Waals surface area contributed by atoms with Gasteiger partial charge in [0.2, 0.25) is 0 Å². The first-order valence-corrected chi connectivity index (χ1v) is 7.26. The Kier molecular flexibility index (Phi) is 6.71. The van der Waals surface area contributed by atoms with E-state index in [-0.39, 0.29) is 5.91 Å². The first-order chi connectivity index (χ1) is 9.10. The second kappa shape index (κ2) is 8.05. The van der Waals surface area contributed by atoms with Crippen molar-refractivity contribution in [3.05, 3.63) is 28.8 Å². The number of carbonyl (C=O) groups excluding carboxylic acids is 1. The summed E-state index contributed by atoms with van der Waals surface area (Å²) in [4.78, 5) is 14.2. The number of benzene rings is 1. The second-order valence-electron chi connectivity index (χ2n) is 4.70. The van der Waals surface area contributed by atoms with Gasteiger partial charge in [-0.3, -0.25) is 4.79 Å². The van der Waals surface area contributed by atoms with Crippen LogP contribution in [0, 0.1) is 0 Å². The molecule has 1 aromatic carbocycles. The molecule has 1 amide bonds. The highest BCUT2D eigenvalue weighted by atomic mass is 35.5. The van der Waals surface area contributed by atoms with Crippen molar-refractivity contribution in [1.82, 2.24) is 4.90 Å². The molecular formula is C15H23ClN2O. The van der Waals surface area contributed by atoms with E-state index in [0.29, 0.717) is 10.6 Å². The number of hydrogen-bond donors (Lipinski definition) is 1. The van der Waals surface area contributed by atoms with Crippen LogP contribution in [0.2, 0.25) is 5.02 Å². The fourth-order valence-corrected chi connectivity index (χ4v) is 1.98. The van der Waals surface area contributed by atoms with E-state index in [9.17, 15) is 4.79 Å². The van der Waals surface area contributed by atoms with E-state index in [1.807, 2.05) is 19.2 Å². The third-order valence-electron chi connectivity index (χ3n) is 2.97. The number of halogens is 1. The van der Waals surface area contributed by atoms with Crippen molar-refractivity contribution in [3.63, 3.8) is 0 Å². The number of nitrogens with zero attached hydrogens (tertiary/aromatic N) is 1. The van der Waals surface area contributed by atoms with Crippen LogP contribution in [0.3, 0.4) is 0 Å². The van der Waals surface area contributed by atoms with Gasteiger partial charge in [0.1, 0.15) is 0 Å². The molecule has 19 heavy (non-hydrogen) atoms. The van der Waals surface area contributed by atoms with Crippen LogP contribution < -0.4 is 5.32 Å². The predicted octanol–water partition coefficient (Wildman–Crippen LogP) is 4.03. The Labute approximate surface area is 120 Å². The van der Waals surface area contributed by atoms with Gasteiger partial charge >= 0.3 is 0 Å². The molecule has 0 saturated heterocycles. The molecule has 1 aromatic rings. The molecule has 0 spiro atoms. The number of hydrogen-bond acceptors (Lipinski definition) is 2. The maximum atomic E-state index is 12.4. The molecule has 4 heteroatoms. The minimum absolute atomic E-state index is 0.0227. The number of amides is 1. The summed E-state index contributed by atoms with van der Waals surface area (Å²) in [6.07, 6.45) is 3.11. The van der Waals surface area contributed by atoms with Crippen LogP contribution in [-0.2, 0) is 0 Å². The second-order valence-corrected chi connectivity index (χ2v) is 5.13. The number of rotatable bonds is 7. The van der Waals surface area contributed by atoms with Crippen LogP contribution in [0.25, 0.3) is 0 Å². The molecule has 0 atom stereocenters. The van der Waals surface area contributed by atoms with E-state index in [2.05, 4.69) is 19.2 Å². The van der Waals surface area contributed by atoms with Crippen molar-refractivity contribution >= 4 is 23.2 Å². The van der Waals surface area contributed by atoms with Gasteiger partial charge in [-0.15, -0.1) is 0 Å². The van der Waals surface area contributed by atoms with Gasteiger partial charge in [-0.1, -0.05) is 31.9 Å². The van der Waals surface area contributed by atoms with Gasteiger partial charge in [-0.2, -0.15) is 0 Å². The first kappa shape index (κ1) is 15.8. The molecule has 0 unspecified atom stereocenters. The molecule has 0 aliphatic heterocycles. The van der Waals surface area contributed by atoms with E-state index in [1.54, 1.807) is 11.0 Å². The average Bonchev–Trinajstić information content (AvgIpc) is 2.42. The summed E-state index contributed by atoms with van der Waals surface area (Å²) in [6.45, 7) is 5.83. The van der Waals surface area contributed by atoms with Crippen LogP contribution >= 0.6 is 11.6 Å². The lowest BCUT2D eigenvalue weighted by Gasteiger charge is -2.19. The third kappa shape index (κ3) is 4.75. The van der Waals surface area contributed by atoms with Crippen molar-refractivity contribution in [1.29, 1.82) is 0 Å². The fraction of sp³-hybridized carbons (Fsp3) is 0.533. The van der Waals surface area contributed by atoms with Crippen LogP contribution in [0.1, 0.15) is 43.5 Å². The molecule has 0 heterocycles. The van der Waals surface area contributed by atoms with Gasteiger partial charge < -0.3 is 10.2 Å². The van der Waals surface area contributed by atoms with E-state index in [4.69, 9.17) is 11.6 Å². The molecule has 1 N–H and O–H groups in total. The summed E-state index contributed by atoms with van der Waals surface area (Å²) in [5.74, 6) is 0.0227. The maximum absolute atomic E-state index is 12.4. The number of unbranched alkanes of at least 4 members (excludes halogenated alkanes) is 1. The van der Waals surface area contributed by atoms with Crippen LogP contribution in [0.4, 0.5) is 5.69 Å². The number of anilines is 1. The Morgan fingerprint density at radius 1 is 1.32 bits per heavy atom. The predicted molar refractivity (Wildman–Crippen MR) is 82.1 cm³/mol. The Hall–Kier alpha value is -1.22. The highest BCUT2D eigenvalue weighted by molar-refractivity contribution is 6.31. The normalized spacial score (nSPS) is 10.3. The smallest absolute Gasteiger partial charge is 0.255 e. The Morgan fingerprint density at radius 2 is 2.05 bits per heavy atom. The lowest BCUT2D eigenvalue weighted by atomic mass is 10.1. The van der Waals surface area contributed by atoms with Gasteiger partial charge in [0, 0.05) is 30.8 Å². The van der Waals surface area contributed by atoms with Gasteiger partial charge in [-0.25, -0.2) is 0 Å². The van der Waals surface area contributed by atoms with Crippen LogP contribution in [0.5, 0.6) is 0 Å². The van der Waals surface area contributed by atoms with Gasteiger partial charge in [0.05, 0.1) is 5.56 Å². The van der Waals surface area contributed by atoms with Crippen molar-refractivity contribution in [2.45, 2.75) is 33.1 Å². The number of nitrogens with one attached hydrogen (secondary N) is 1. The standard InChI is InChI=1S/C15H23ClN2O/c1-4-6-10-18(3)15(19)13-11-12(16)7-8-14(13)17-9-5-2/h7-8,11,17H,4-6,9-10H2,1-3H3. The van der Waals surface area contributed by atoms with E-state index in [1.165, 1.54) is 0 Å². The molecule has 0 radical (unpaired) electrons. The van der Waals surface area contributed by atoms with E-state index in [0.717, 1.165) is 38.0 Å². The summed E-state index contributed by atoms with van der Waals surface area (Å²) < 4.78 is 0. The molecule has 0 saturated carbocycles. The molecule has 0 aromatic heterocycles. The van der Waals surface area contributed by atoms with E-state index >= 15 is 0 Å². The lowest BCUT2D eigenvalue weighted by molar-refractivity contribution is 0.0794. The highest BCUT2D eigenvalue weighted by Crippen LogP contribution is 2.22. The first-order valence-electron chi connectivity index (χ1n) is 6.89. The molecule has 0 bridgehead atoms. The Balaban J connectivity index is 2.89. The van der Waals surface area contributed by atoms with Crippen molar-refractivity contribution < 1.29 is 4.79 Å². The Bertz CT molecular complexity index is 421. The topological polar surface area (TPSA) is 32.3 Å². The van der Waals surface area contributed by atoms with Crippen LogP contribution in [0.15, 0.2) is 18.2 Å². The van der Waals surface area contributed by atoms with Crippen molar-refractivity contribution in [2.75, 3.05) is 25.5 Å². The van der Waals surface area contributed by atoms with Gasteiger partial charge in [0.15, 0.2) is 0 Å². The summed E-state index contributed by atoms with van der Waals surface area (Å²) >= 11 is 6.01. The fourth-order valence-electron chi connectivity index (χ4n) is 1.81. The zero-order chi connectivity index (χ0) is 14.3. The van der Waals surface area contributed by atoms with E-state index < -0.39 is 0 Å². The quantitative estimate of drug-likeness (QED) is 0.819. The van der Waals surface area contributed by atoms with Gasteiger partial charge in [0.25, 0.3) is 5.91 Å². The summed E-state index contributed by atoms with van der Waals surface area (Å²) in [5.41, 5.74) is 1.51. The van der Waals surface area contributed by atoms with Crippen molar-refractivity contribution in [2.24, 2.45) is 0 Å². The Morgan fingerprint density at radius 3 is 2.68 bits per heavy atom. The molecule has 3 nitrogen and oxygen atoms in total. The lowest BCUT2D eigenvalue weighted by Crippen LogP contribution is -2.28. The molecule has 0 aliphatic rings. The summed E-state index contributed by atoms with van der Waals surface area (Å²) in [7, 11) is 1.84. The summed E-state index contributed by atoms with van der Waals surface area (Å²) in [5, 5.41) is 3.87. The van der Waals surface area contributed by atoms with Gasteiger partial charge in [-0.05, 0) is 31.0 Å². The average molecular weight is 283 g/mol. The molecule has 0 fully saturated rings. The van der Waals surface area contributed by atoms with Crippen molar-refractivity contribution in [3.8, 4) is 0 Å². The summed E-state index contributed by atoms with van der Waals surface area (Å²) in [6, 6.07) is 5.42. The zero-order valence-electron chi connectivity index (χ0n) is 12.0. The minimum Gasteiger partial charge on any atom is -0.384 e. The third-order valence-corrected chi connectivity index (χ3v) is 3.21. The SMILES string of the molecule is CCCCN(C)C(=O)c1cc(Cl)ccc1NCCC. The molecular weight excluding hydrogens is 260 g/mol. The molecule has 0 aliphatic carbocycles. The zero-order valence-corrected chi connectivity index (χ0v) is 12.8. The van der Waals surface area contributed by atoms with Crippen LogP contribution in [-0.4, -0.2) is 30.9 Å². The molecule has 1 rings (SSSR count). The highest BCUT2D eigenvalue weighted by Gasteiger charge is 2.15. The molecule has 106 valence electrons. The minimum atomic E-state index is 0.0227. The monoisotopic (exact) mass is 282 g/mol.